The molecular weight excluding hydrogens is 248 g/mol. The zero-order chi connectivity index (χ0) is 13.1. The fourth-order valence-corrected chi connectivity index (χ4v) is 2.56. The first-order valence-electron chi connectivity index (χ1n) is 6.28. The van der Waals surface area contributed by atoms with Crippen LogP contribution in [0.1, 0.15) is 35.9 Å². The molecule has 1 aliphatic rings. The normalized spacial score (nSPS) is 19.8. The van der Waals surface area contributed by atoms with Crippen molar-refractivity contribution < 1.29 is 9.21 Å². The van der Waals surface area contributed by atoms with Crippen molar-refractivity contribution in [3.63, 3.8) is 0 Å². The molecule has 0 saturated carbocycles. The van der Waals surface area contributed by atoms with Gasteiger partial charge in [-0.25, -0.2) is 0 Å². The van der Waals surface area contributed by atoms with E-state index in [4.69, 9.17) is 22.4 Å². The van der Waals surface area contributed by atoms with Gasteiger partial charge in [0.25, 0.3) is 5.91 Å². The molecule has 18 heavy (non-hydrogen) atoms. The van der Waals surface area contributed by atoms with Gasteiger partial charge in [0, 0.05) is 25.4 Å². The van der Waals surface area contributed by atoms with Crippen LogP contribution in [-0.2, 0) is 6.42 Å². The molecular formula is C13H18N2O2S. The highest BCUT2D eigenvalue weighted by Gasteiger charge is 2.27. The monoisotopic (exact) mass is 266 g/mol. The Hall–Kier alpha value is -1.36. The van der Waals surface area contributed by atoms with Crippen molar-refractivity contribution in [3.05, 3.63) is 23.7 Å². The summed E-state index contributed by atoms with van der Waals surface area (Å²) >= 11 is 5.02. The molecule has 1 amide bonds. The smallest absolute Gasteiger partial charge is 0.257 e. The molecule has 0 spiro atoms. The molecule has 1 aromatic heterocycles. The van der Waals surface area contributed by atoms with E-state index in [1.165, 1.54) is 0 Å². The minimum absolute atomic E-state index is 0.0292. The second kappa shape index (κ2) is 5.52. The molecule has 1 aliphatic heterocycles. The van der Waals surface area contributed by atoms with Gasteiger partial charge in [0.05, 0.1) is 16.8 Å². The number of hydrogen-bond acceptors (Lipinski definition) is 3. The topological polar surface area (TPSA) is 59.5 Å². The van der Waals surface area contributed by atoms with E-state index < -0.39 is 0 Å². The van der Waals surface area contributed by atoms with E-state index in [2.05, 4.69) is 0 Å². The summed E-state index contributed by atoms with van der Waals surface area (Å²) in [4.78, 5) is 14.7. The van der Waals surface area contributed by atoms with E-state index >= 15 is 0 Å². The van der Waals surface area contributed by atoms with Crippen LogP contribution in [0.3, 0.4) is 0 Å². The maximum Gasteiger partial charge on any atom is 0.257 e. The Labute approximate surface area is 112 Å². The van der Waals surface area contributed by atoms with Crippen molar-refractivity contribution in [2.75, 3.05) is 13.1 Å². The van der Waals surface area contributed by atoms with Crippen LogP contribution in [0.2, 0.25) is 0 Å². The first-order chi connectivity index (χ1) is 8.63. The van der Waals surface area contributed by atoms with Crippen LogP contribution in [0.15, 0.2) is 16.7 Å². The number of likely N-dealkylation sites (tertiary alicyclic amines) is 1. The maximum absolute atomic E-state index is 12.4. The zero-order valence-electron chi connectivity index (χ0n) is 10.5. The highest BCUT2D eigenvalue weighted by molar-refractivity contribution is 7.80. The fraction of sp³-hybridized carbons (Fsp3) is 0.538. The number of nitrogens with two attached hydrogens (primary N) is 1. The molecule has 4 nitrogen and oxygen atoms in total. The molecule has 98 valence electrons. The number of furan rings is 1. The van der Waals surface area contributed by atoms with Crippen LogP contribution in [0.5, 0.6) is 0 Å². The van der Waals surface area contributed by atoms with Gasteiger partial charge in [-0.2, -0.15) is 0 Å². The first kappa shape index (κ1) is 13.1. The van der Waals surface area contributed by atoms with Crippen LogP contribution >= 0.6 is 12.2 Å². The molecule has 0 aromatic carbocycles. The van der Waals surface area contributed by atoms with Gasteiger partial charge < -0.3 is 15.1 Å². The summed E-state index contributed by atoms with van der Waals surface area (Å²) in [6, 6.07) is 1.74. The van der Waals surface area contributed by atoms with Gasteiger partial charge >= 0.3 is 0 Å². The number of nitrogens with zero attached hydrogens (tertiary/aromatic N) is 1. The van der Waals surface area contributed by atoms with Gasteiger partial charge in [0.1, 0.15) is 5.76 Å². The Bertz CT molecular complexity index is 456. The minimum Gasteiger partial charge on any atom is -0.469 e. The Kier molecular flexibility index (Phi) is 4.01. The number of carbonyl (C=O) groups is 1. The Morgan fingerprint density at radius 2 is 2.44 bits per heavy atom. The van der Waals surface area contributed by atoms with Crippen LogP contribution in [0.25, 0.3) is 0 Å². The summed E-state index contributed by atoms with van der Waals surface area (Å²) < 4.78 is 5.30. The molecule has 2 heterocycles. The summed E-state index contributed by atoms with van der Waals surface area (Å²) in [7, 11) is 0. The SMILES string of the molecule is CCc1occc1C(=O)N1CCCC(C(N)=S)C1. The Morgan fingerprint density at radius 3 is 3.11 bits per heavy atom. The lowest BCUT2D eigenvalue weighted by atomic mass is 9.97. The lowest BCUT2D eigenvalue weighted by Crippen LogP contribution is -2.43. The van der Waals surface area contributed by atoms with Gasteiger partial charge in [-0.3, -0.25) is 4.79 Å². The maximum atomic E-state index is 12.4. The number of piperidine rings is 1. The quantitative estimate of drug-likeness (QED) is 0.850. The third-order valence-electron chi connectivity index (χ3n) is 3.41. The van der Waals surface area contributed by atoms with Crippen molar-refractivity contribution in [1.29, 1.82) is 0 Å². The molecule has 1 fully saturated rings. The Morgan fingerprint density at radius 1 is 1.67 bits per heavy atom. The van der Waals surface area contributed by atoms with Crippen LogP contribution < -0.4 is 5.73 Å². The molecule has 2 rings (SSSR count). The molecule has 0 radical (unpaired) electrons. The second-order valence-electron chi connectivity index (χ2n) is 4.60. The predicted octanol–water partition coefficient (Wildman–Crippen LogP) is 1.98. The highest BCUT2D eigenvalue weighted by Crippen LogP contribution is 2.21. The summed E-state index contributed by atoms with van der Waals surface area (Å²) in [6.45, 7) is 3.37. The summed E-state index contributed by atoms with van der Waals surface area (Å²) in [5.41, 5.74) is 6.35. The number of thiocarbonyl (C=S) groups is 1. The molecule has 2 N–H and O–H groups in total. The third-order valence-corrected chi connectivity index (χ3v) is 3.74. The highest BCUT2D eigenvalue weighted by atomic mass is 32.1. The number of amides is 1. The molecule has 5 heteroatoms. The summed E-state index contributed by atoms with van der Waals surface area (Å²) in [5, 5.41) is 0. The molecule has 1 atom stereocenters. The van der Waals surface area contributed by atoms with Crippen LogP contribution in [-0.4, -0.2) is 28.9 Å². The molecule has 0 bridgehead atoms. The van der Waals surface area contributed by atoms with Crippen molar-refractivity contribution in [1.82, 2.24) is 4.90 Å². The molecule has 1 unspecified atom stereocenters. The van der Waals surface area contributed by atoms with E-state index in [9.17, 15) is 4.79 Å². The number of aryl methyl sites for hydroxylation is 1. The lowest BCUT2D eigenvalue weighted by molar-refractivity contribution is 0.0701. The second-order valence-corrected chi connectivity index (χ2v) is 5.08. The zero-order valence-corrected chi connectivity index (χ0v) is 11.3. The molecule has 0 aliphatic carbocycles. The van der Waals surface area contributed by atoms with E-state index in [0.717, 1.165) is 31.6 Å². The largest absolute Gasteiger partial charge is 0.469 e. The van der Waals surface area contributed by atoms with E-state index in [-0.39, 0.29) is 11.8 Å². The van der Waals surface area contributed by atoms with Gasteiger partial charge in [-0.15, -0.1) is 0 Å². The van der Waals surface area contributed by atoms with Crippen molar-refractivity contribution in [3.8, 4) is 0 Å². The van der Waals surface area contributed by atoms with E-state index in [0.29, 0.717) is 17.1 Å². The lowest BCUT2D eigenvalue weighted by Gasteiger charge is -2.32. The fourth-order valence-electron chi connectivity index (χ4n) is 2.37. The third kappa shape index (κ3) is 2.56. The Balaban J connectivity index is 2.11. The van der Waals surface area contributed by atoms with Crippen molar-refractivity contribution in [2.45, 2.75) is 26.2 Å². The number of hydrogen-bond donors (Lipinski definition) is 1. The van der Waals surface area contributed by atoms with Crippen molar-refractivity contribution >= 4 is 23.1 Å². The van der Waals surface area contributed by atoms with E-state index in [1.54, 1.807) is 12.3 Å². The predicted molar refractivity (Wildman–Crippen MR) is 73.5 cm³/mol. The first-order valence-corrected chi connectivity index (χ1v) is 6.69. The minimum atomic E-state index is 0.0292. The summed E-state index contributed by atoms with van der Waals surface area (Å²) in [6.07, 6.45) is 4.22. The molecule has 1 saturated heterocycles. The van der Waals surface area contributed by atoms with Crippen LogP contribution in [0, 0.1) is 5.92 Å². The molecule has 1 aromatic rings. The van der Waals surface area contributed by atoms with Gasteiger partial charge in [-0.1, -0.05) is 19.1 Å². The van der Waals surface area contributed by atoms with Gasteiger partial charge in [0.2, 0.25) is 0 Å². The van der Waals surface area contributed by atoms with Crippen molar-refractivity contribution in [2.24, 2.45) is 11.7 Å². The van der Waals surface area contributed by atoms with Gasteiger partial charge in [-0.05, 0) is 18.9 Å². The average molecular weight is 266 g/mol. The van der Waals surface area contributed by atoms with Crippen LogP contribution in [0.4, 0.5) is 0 Å². The summed E-state index contributed by atoms with van der Waals surface area (Å²) in [5.74, 6) is 0.925. The van der Waals surface area contributed by atoms with E-state index in [1.807, 2.05) is 11.8 Å². The standard InChI is InChI=1S/C13H18N2O2S/c1-2-11-10(5-7-17-11)13(16)15-6-3-4-9(8-15)12(14)18/h5,7,9H,2-4,6,8H2,1H3,(H2,14,18). The number of rotatable bonds is 3. The average Bonchev–Trinajstić information content (AvgIpc) is 2.86. The number of carbonyl (C=O) groups excluding carboxylic acids is 1. The van der Waals surface area contributed by atoms with Gasteiger partial charge in [0.15, 0.2) is 0 Å².